The molecule has 17 atom stereocenters. The predicted octanol–water partition coefficient (Wildman–Crippen LogP) is 2.35. The molecule has 9 rings (SSSR count). The van der Waals surface area contributed by atoms with Gasteiger partial charge in [0, 0.05) is 22.7 Å². The van der Waals surface area contributed by atoms with E-state index in [9.17, 15) is 5.26 Å². The van der Waals surface area contributed by atoms with Gasteiger partial charge in [0.15, 0.2) is 0 Å². The van der Waals surface area contributed by atoms with Crippen molar-refractivity contribution in [2.45, 2.75) is 146 Å². The molecule has 0 aromatic carbocycles. The number of nitrogens with one attached hydrogen (secondary N) is 8. The van der Waals surface area contributed by atoms with Crippen molar-refractivity contribution >= 4 is 0 Å². The molecule has 9 fully saturated rings. The van der Waals surface area contributed by atoms with Crippen molar-refractivity contribution in [1.29, 1.82) is 5.26 Å². The Labute approximate surface area is 268 Å². The largest absolute Gasteiger partial charge is 0.286 e. The first-order chi connectivity index (χ1) is 20.7. The van der Waals surface area contributed by atoms with E-state index in [0.717, 1.165) is 6.42 Å². The van der Waals surface area contributed by atoms with Crippen molar-refractivity contribution in [3.63, 3.8) is 0 Å². The number of fused-ring (bicyclic) bond motifs is 20. The van der Waals surface area contributed by atoms with Gasteiger partial charge in [-0.3, -0.25) is 42.5 Å². The number of hydrogen-bond acceptors (Lipinski definition) is 9. The quantitative estimate of drug-likeness (QED) is 0.203. The second kappa shape index (κ2) is 12.4. The summed E-state index contributed by atoms with van der Waals surface area (Å²) in [6.45, 7) is 0. The minimum atomic E-state index is 0. The van der Waals surface area contributed by atoms with Crippen LogP contribution in [0.25, 0.3) is 0 Å². The zero-order valence-electron chi connectivity index (χ0n) is 25.7. The molecule has 0 aromatic rings. The molecule has 0 spiro atoms. The molecular weight excluding hydrogens is 581 g/mol. The molecule has 8 bridgehead atoms. The van der Waals surface area contributed by atoms with E-state index in [0.29, 0.717) is 84.3 Å². The predicted molar refractivity (Wildman–Crippen MR) is 162 cm³/mol. The van der Waals surface area contributed by atoms with E-state index < -0.39 is 0 Å². The summed E-state index contributed by atoms with van der Waals surface area (Å²) in [4.78, 5) is 0. The van der Waals surface area contributed by atoms with Crippen LogP contribution in [0.15, 0.2) is 0 Å². The molecule has 9 aliphatic rings. The first-order valence-electron chi connectivity index (χ1n) is 18.2. The van der Waals surface area contributed by atoms with E-state index in [-0.39, 0.29) is 35.0 Å². The van der Waals surface area contributed by atoms with Crippen LogP contribution in [-0.4, -0.2) is 49.3 Å². The van der Waals surface area contributed by atoms with E-state index in [1.165, 1.54) is 89.9 Å². The minimum absolute atomic E-state index is 0. The van der Waals surface area contributed by atoms with E-state index in [4.69, 9.17) is 0 Å². The van der Waals surface area contributed by atoms with Crippen molar-refractivity contribution in [1.82, 2.24) is 42.5 Å². The van der Waals surface area contributed by atoms with Crippen molar-refractivity contribution in [3.05, 3.63) is 0 Å². The summed E-state index contributed by atoms with van der Waals surface area (Å²) < 4.78 is 0. The molecule has 241 valence electrons. The third-order valence-corrected chi connectivity index (χ3v) is 14.1. The van der Waals surface area contributed by atoms with Gasteiger partial charge in [-0.25, -0.2) is 0 Å². The normalized spacial score (nSPS) is 55.7. The van der Waals surface area contributed by atoms with E-state index in [2.05, 4.69) is 48.6 Å². The third-order valence-electron chi connectivity index (χ3n) is 14.1. The van der Waals surface area contributed by atoms with Crippen molar-refractivity contribution in [2.24, 2.45) is 53.3 Å². The minimum Gasteiger partial charge on any atom is -0.286 e. The third kappa shape index (κ3) is 5.17. The molecule has 4 aliphatic carbocycles. The number of nitrogens with zero attached hydrogens (tertiary/aromatic N) is 1. The Morgan fingerprint density at radius 2 is 0.628 bits per heavy atom. The van der Waals surface area contributed by atoms with Crippen LogP contribution in [0.3, 0.4) is 0 Å². The standard InChI is InChI=1S/C33H55N9.Co/c34-16-17-8-7-15-24-25(17)33-41-31-23-14-6-5-13-22(23)29(39-31)37-27-19-10-2-1-9-18(19)26(35-27)36-28-20-11-3-4-12-21(20)30(38-28)40-32(24)42-33;/h17-33,35-42H,1-15H2;. The van der Waals surface area contributed by atoms with Gasteiger partial charge in [0.25, 0.3) is 0 Å². The van der Waals surface area contributed by atoms with Crippen LogP contribution in [0.2, 0.25) is 0 Å². The molecule has 9 nitrogen and oxygen atoms in total. The average Bonchev–Trinajstić information content (AvgIpc) is 3.76. The van der Waals surface area contributed by atoms with Crippen molar-refractivity contribution in [2.75, 3.05) is 0 Å². The molecular formula is C33H55CoN9. The van der Waals surface area contributed by atoms with Gasteiger partial charge < -0.3 is 0 Å². The molecule has 10 heteroatoms. The van der Waals surface area contributed by atoms with Gasteiger partial charge in [0.05, 0.1) is 61.3 Å². The molecule has 43 heavy (non-hydrogen) atoms. The van der Waals surface area contributed by atoms with E-state index in [1.54, 1.807) is 0 Å². The molecule has 8 N–H and O–H groups in total. The van der Waals surface area contributed by atoms with Gasteiger partial charge >= 0.3 is 0 Å². The first-order valence-corrected chi connectivity index (χ1v) is 18.2. The Balaban J connectivity index is 0.00000278. The molecule has 17 unspecified atom stereocenters. The number of hydrogen-bond donors (Lipinski definition) is 8. The summed E-state index contributed by atoms with van der Waals surface area (Å²) >= 11 is 0. The monoisotopic (exact) mass is 636 g/mol. The van der Waals surface area contributed by atoms with Gasteiger partial charge in [-0.05, 0) is 92.8 Å². The zero-order chi connectivity index (χ0) is 27.8. The zero-order valence-corrected chi connectivity index (χ0v) is 26.7. The molecule has 5 saturated heterocycles. The summed E-state index contributed by atoms with van der Waals surface area (Å²) in [6.07, 6.45) is 22.1. The Kier molecular flexibility index (Phi) is 8.64. The van der Waals surface area contributed by atoms with Gasteiger partial charge in [0.1, 0.15) is 0 Å². The molecule has 4 saturated carbocycles. The van der Waals surface area contributed by atoms with E-state index >= 15 is 0 Å². The smallest absolute Gasteiger partial charge is 0.0659 e. The maximum Gasteiger partial charge on any atom is 0.0659 e. The molecule has 5 heterocycles. The van der Waals surface area contributed by atoms with Crippen LogP contribution >= 0.6 is 0 Å². The molecule has 1 radical (unpaired) electrons. The number of rotatable bonds is 0. The van der Waals surface area contributed by atoms with Crippen LogP contribution in [-0.2, 0) is 16.8 Å². The second-order valence-electron chi connectivity index (χ2n) is 15.9. The Hall–Kier alpha value is -0.324. The van der Waals surface area contributed by atoms with Crippen molar-refractivity contribution in [3.8, 4) is 6.07 Å². The first kappa shape index (κ1) is 30.0. The average molecular weight is 637 g/mol. The fraction of sp³-hybridized carbons (Fsp3) is 0.970. The molecule has 0 amide bonds. The van der Waals surface area contributed by atoms with Crippen LogP contribution in [0.5, 0.6) is 0 Å². The Morgan fingerprint density at radius 3 is 0.953 bits per heavy atom. The number of nitriles is 1. The maximum absolute atomic E-state index is 10.3. The summed E-state index contributed by atoms with van der Waals surface area (Å²) in [6, 6.07) is 2.77. The summed E-state index contributed by atoms with van der Waals surface area (Å²) in [5.74, 6) is 5.11. The van der Waals surface area contributed by atoms with Crippen LogP contribution in [0, 0.1) is 64.6 Å². The summed E-state index contributed by atoms with van der Waals surface area (Å²) in [5.41, 5.74) is 0. The SMILES string of the molecule is N#CC1CCCC2C3NC4NC(NC5NC(NC6NC(NC(N3)C12)C1CCCCC61)C1CCCCC51)C1CCCCC41.[Co]. The van der Waals surface area contributed by atoms with Crippen LogP contribution in [0.4, 0.5) is 0 Å². The van der Waals surface area contributed by atoms with Crippen LogP contribution < -0.4 is 42.5 Å². The Morgan fingerprint density at radius 1 is 0.349 bits per heavy atom. The van der Waals surface area contributed by atoms with Gasteiger partial charge in [-0.2, -0.15) is 5.26 Å². The van der Waals surface area contributed by atoms with Gasteiger partial charge in [-0.15, -0.1) is 0 Å². The topological polar surface area (TPSA) is 120 Å². The molecule has 5 aliphatic heterocycles. The van der Waals surface area contributed by atoms with Gasteiger partial charge in [-0.1, -0.05) is 44.9 Å². The maximum atomic E-state index is 10.3. The van der Waals surface area contributed by atoms with Gasteiger partial charge in [0.2, 0.25) is 0 Å². The fourth-order valence-electron chi connectivity index (χ4n) is 12.2. The van der Waals surface area contributed by atoms with Crippen LogP contribution in [0.1, 0.15) is 96.3 Å². The summed E-state index contributed by atoms with van der Waals surface area (Å²) in [5, 5.41) is 43.7. The Bertz CT molecular complexity index is 1040. The van der Waals surface area contributed by atoms with Crippen molar-refractivity contribution < 1.29 is 16.8 Å². The molecule has 0 aromatic heterocycles. The summed E-state index contributed by atoms with van der Waals surface area (Å²) in [7, 11) is 0. The second-order valence-corrected chi connectivity index (χ2v) is 15.9. The fourth-order valence-corrected chi connectivity index (χ4v) is 12.2. The van der Waals surface area contributed by atoms with E-state index in [1.807, 2.05) is 0 Å².